The molecule has 1 amide bonds. The zero-order valence-corrected chi connectivity index (χ0v) is 11.1. The molecular formula is C12H12BrNO3. The van der Waals surface area contributed by atoms with Gasteiger partial charge in [0, 0.05) is 5.56 Å². The summed E-state index contributed by atoms with van der Waals surface area (Å²) < 4.78 is 6.23. The van der Waals surface area contributed by atoms with Crippen molar-refractivity contribution in [2.24, 2.45) is 5.92 Å². The maximum atomic E-state index is 11.7. The highest BCUT2D eigenvalue weighted by Gasteiger charge is 2.23. The molecule has 0 fully saturated rings. The van der Waals surface area contributed by atoms with Crippen LogP contribution in [0.4, 0.5) is 5.69 Å². The lowest BCUT2D eigenvalue weighted by Crippen LogP contribution is -2.22. The fourth-order valence-corrected chi connectivity index (χ4v) is 2.15. The molecule has 0 aromatic heterocycles. The quantitative estimate of drug-likeness (QED) is 0.811. The van der Waals surface area contributed by atoms with Gasteiger partial charge in [-0.15, -0.1) is 0 Å². The number of halogens is 1. The van der Waals surface area contributed by atoms with Crippen molar-refractivity contribution in [1.82, 2.24) is 0 Å². The van der Waals surface area contributed by atoms with Crippen LogP contribution in [0.1, 0.15) is 24.2 Å². The van der Waals surface area contributed by atoms with Crippen LogP contribution in [0.25, 0.3) is 0 Å². The highest BCUT2D eigenvalue weighted by molar-refractivity contribution is 9.10. The first-order chi connectivity index (χ1) is 7.99. The van der Waals surface area contributed by atoms with Gasteiger partial charge in [-0.2, -0.15) is 0 Å². The Kier molecular flexibility index (Phi) is 3.19. The smallest absolute Gasteiger partial charge is 0.230 e. The van der Waals surface area contributed by atoms with Crippen molar-refractivity contribution in [1.29, 1.82) is 0 Å². The Hall–Kier alpha value is -1.36. The van der Waals surface area contributed by atoms with Crippen LogP contribution < -0.4 is 10.1 Å². The van der Waals surface area contributed by atoms with Crippen LogP contribution in [0.3, 0.4) is 0 Å². The Morgan fingerprint density at radius 1 is 1.53 bits per heavy atom. The summed E-state index contributed by atoms with van der Waals surface area (Å²) in [5.41, 5.74) is 1.08. The minimum Gasteiger partial charge on any atom is -0.489 e. The van der Waals surface area contributed by atoms with Gasteiger partial charge in [-0.1, -0.05) is 6.92 Å². The molecule has 1 N–H and O–H groups in total. The number of nitrogens with one attached hydrogen (secondary N) is 1. The fraction of sp³-hybridized carbons (Fsp3) is 0.333. The van der Waals surface area contributed by atoms with Crippen molar-refractivity contribution in [2.75, 3.05) is 11.9 Å². The number of rotatable bonds is 1. The van der Waals surface area contributed by atoms with Crippen molar-refractivity contribution >= 4 is 33.3 Å². The van der Waals surface area contributed by atoms with Crippen LogP contribution in [0.2, 0.25) is 0 Å². The molecule has 0 spiro atoms. The summed E-state index contributed by atoms with van der Waals surface area (Å²) in [6, 6.07) is 3.33. The van der Waals surface area contributed by atoms with E-state index in [-0.39, 0.29) is 17.6 Å². The molecule has 0 saturated heterocycles. The molecule has 1 atom stereocenters. The number of hydrogen-bond acceptors (Lipinski definition) is 3. The van der Waals surface area contributed by atoms with Crippen LogP contribution in [0.15, 0.2) is 16.6 Å². The van der Waals surface area contributed by atoms with Gasteiger partial charge in [0.25, 0.3) is 0 Å². The normalized spacial score (nSPS) is 18.8. The van der Waals surface area contributed by atoms with Gasteiger partial charge >= 0.3 is 0 Å². The molecule has 0 radical (unpaired) electrons. The number of fused-ring (bicyclic) bond motifs is 1. The zero-order chi connectivity index (χ0) is 12.6. The van der Waals surface area contributed by atoms with E-state index in [2.05, 4.69) is 21.2 Å². The van der Waals surface area contributed by atoms with Crippen LogP contribution in [-0.4, -0.2) is 18.3 Å². The van der Waals surface area contributed by atoms with E-state index >= 15 is 0 Å². The first-order valence-electron chi connectivity index (χ1n) is 5.27. The molecule has 1 aromatic carbocycles. The molecule has 1 aliphatic heterocycles. The van der Waals surface area contributed by atoms with Gasteiger partial charge in [-0.05, 0) is 35.0 Å². The van der Waals surface area contributed by atoms with Crippen molar-refractivity contribution in [2.45, 2.75) is 13.8 Å². The van der Waals surface area contributed by atoms with Gasteiger partial charge < -0.3 is 10.1 Å². The van der Waals surface area contributed by atoms with E-state index in [1.54, 1.807) is 19.1 Å². The molecule has 1 heterocycles. The van der Waals surface area contributed by atoms with Crippen molar-refractivity contribution in [3.05, 3.63) is 22.2 Å². The highest BCUT2D eigenvalue weighted by atomic mass is 79.9. The Morgan fingerprint density at radius 2 is 2.24 bits per heavy atom. The number of carbonyl (C=O) groups is 2. The number of ketones is 1. The van der Waals surface area contributed by atoms with E-state index in [1.165, 1.54) is 6.92 Å². The molecule has 5 heteroatoms. The largest absolute Gasteiger partial charge is 0.489 e. The summed E-state index contributed by atoms with van der Waals surface area (Å²) >= 11 is 3.35. The van der Waals surface area contributed by atoms with Crippen LogP contribution in [0.5, 0.6) is 5.75 Å². The predicted octanol–water partition coefficient (Wildman–Crippen LogP) is 2.62. The Morgan fingerprint density at radius 3 is 2.88 bits per heavy atom. The third kappa shape index (κ3) is 2.34. The summed E-state index contributed by atoms with van der Waals surface area (Å²) in [6.07, 6.45) is 0. The van der Waals surface area contributed by atoms with Gasteiger partial charge in [0.2, 0.25) is 5.91 Å². The van der Waals surface area contributed by atoms with E-state index in [4.69, 9.17) is 4.74 Å². The van der Waals surface area contributed by atoms with Gasteiger partial charge in [-0.3, -0.25) is 9.59 Å². The molecule has 0 aliphatic carbocycles. The van der Waals surface area contributed by atoms with E-state index in [1.807, 2.05) is 0 Å². The standard InChI is InChI=1S/C12H12BrNO3/c1-6-5-17-11-9(13)3-8(7(2)15)4-10(11)14-12(6)16/h3-4,6H,5H2,1-2H3,(H,14,16). The number of amides is 1. The van der Waals surface area contributed by atoms with Crippen LogP contribution >= 0.6 is 15.9 Å². The third-order valence-corrected chi connectivity index (χ3v) is 3.22. The van der Waals surface area contributed by atoms with Gasteiger partial charge in [0.1, 0.15) is 0 Å². The number of Topliss-reactive ketones (excluding diaryl/α,β-unsaturated/α-hetero) is 1. The lowest BCUT2D eigenvalue weighted by Gasteiger charge is -2.10. The molecule has 0 saturated carbocycles. The van der Waals surface area contributed by atoms with Crippen LogP contribution in [-0.2, 0) is 4.79 Å². The Bertz CT molecular complexity index is 499. The number of benzene rings is 1. The summed E-state index contributed by atoms with van der Waals surface area (Å²) in [4.78, 5) is 23.0. The van der Waals surface area contributed by atoms with Gasteiger partial charge in [-0.25, -0.2) is 0 Å². The molecule has 17 heavy (non-hydrogen) atoms. The molecule has 4 nitrogen and oxygen atoms in total. The molecule has 2 rings (SSSR count). The Labute approximate surface area is 107 Å². The number of hydrogen-bond donors (Lipinski definition) is 1. The van der Waals surface area contributed by atoms with Crippen molar-refractivity contribution < 1.29 is 14.3 Å². The van der Waals surface area contributed by atoms with E-state index in [9.17, 15) is 9.59 Å². The minimum absolute atomic E-state index is 0.0555. The lowest BCUT2D eigenvalue weighted by molar-refractivity contribution is -0.119. The number of anilines is 1. The topological polar surface area (TPSA) is 55.4 Å². The average molecular weight is 298 g/mol. The second-order valence-electron chi connectivity index (χ2n) is 4.09. The minimum atomic E-state index is -0.213. The molecular weight excluding hydrogens is 286 g/mol. The SMILES string of the molecule is CC(=O)c1cc(Br)c2c(c1)NC(=O)C(C)CO2. The summed E-state index contributed by atoms with van der Waals surface area (Å²) in [5.74, 6) is 0.208. The summed E-state index contributed by atoms with van der Waals surface area (Å²) in [6.45, 7) is 3.61. The van der Waals surface area contributed by atoms with E-state index in [0.29, 0.717) is 28.1 Å². The maximum absolute atomic E-state index is 11.7. The molecule has 90 valence electrons. The average Bonchev–Trinajstić information content (AvgIpc) is 2.39. The van der Waals surface area contributed by atoms with E-state index < -0.39 is 0 Å². The fourth-order valence-electron chi connectivity index (χ4n) is 1.58. The first-order valence-corrected chi connectivity index (χ1v) is 6.06. The predicted molar refractivity (Wildman–Crippen MR) is 67.4 cm³/mol. The summed E-state index contributed by atoms with van der Waals surface area (Å²) in [7, 11) is 0. The first kappa shape index (κ1) is 12.1. The lowest BCUT2D eigenvalue weighted by atomic mass is 10.1. The molecule has 1 aromatic rings. The van der Waals surface area contributed by atoms with Crippen molar-refractivity contribution in [3.8, 4) is 5.75 Å². The van der Waals surface area contributed by atoms with Crippen molar-refractivity contribution in [3.63, 3.8) is 0 Å². The van der Waals surface area contributed by atoms with Crippen LogP contribution in [0, 0.1) is 5.92 Å². The van der Waals surface area contributed by atoms with E-state index in [0.717, 1.165) is 0 Å². The zero-order valence-electron chi connectivity index (χ0n) is 9.54. The number of carbonyl (C=O) groups excluding carboxylic acids is 2. The molecule has 1 unspecified atom stereocenters. The molecule has 1 aliphatic rings. The summed E-state index contributed by atoms with van der Waals surface area (Å²) in [5, 5.41) is 2.76. The van der Waals surface area contributed by atoms with Gasteiger partial charge in [0.05, 0.1) is 22.7 Å². The second kappa shape index (κ2) is 4.49. The Balaban J connectivity index is 2.50. The second-order valence-corrected chi connectivity index (χ2v) is 4.95. The van der Waals surface area contributed by atoms with Gasteiger partial charge in [0.15, 0.2) is 11.5 Å². The highest BCUT2D eigenvalue weighted by Crippen LogP contribution is 2.37. The maximum Gasteiger partial charge on any atom is 0.230 e. The number of ether oxygens (including phenoxy) is 1. The third-order valence-electron chi connectivity index (χ3n) is 2.63. The molecule has 0 bridgehead atoms. The monoisotopic (exact) mass is 297 g/mol.